The van der Waals surface area contributed by atoms with Gasteiger partial charge in [-0.3, -0.25) is 4.79 Å². The molecule has 0 spiro atoms. The van der Waals surface area contributed by atoms with Crippen LogP contribution in [0.3, 0.4) is 0 Å². The van der Waals surface area contributed by atoms with Crippen LogP contribution >= 0.6 is 11.8 Å². The van der Waals surface area contributed by atoms with Crippen LogP contribution in [0, 0.1) is 5.82 Å². The number of aromatic nitrogens is 2. The molecular weight excluding hydrogens is 373 g/mol. The molecule has 1 aliphatic heterocycles. The number of imidazole rings is 1. The van der Waals surface area contributed by atoms with Gasteiger partial charge in [0.2, 0.25) is 0 Å². The van der Waals surface area contributed by atoms with Crippen LogP contribution < -0.4 is 0 Å². The first kappa shape index (κ1) is 18.7. The van der Waals surface area contributed by atoms with Crippen molar-refractivity contribution in [3.63, 3.8) is 0 Å². The number of rotatable bonds is 4. The molecular formula is C22H22FN3OS. The number of hydrogen-bond donors (Lipinski definition) is 0. The molecule has 6 heteroatoms. The Morgan fingerprint density at radius 1 is 1.14 bits per heavy atom. The number of thioether (sulfide) groups is 1. The fraction of sp³-hybridized carbons (Fsp3) is 0.273. The lowest BCUT2D eigenvalue weighted by atomic mass is 10.1. The van der Waals surface area contributed by atoms with Crippen molar-refractivity contribution in [1.29, 1.82) is 0 Å². The average molecular weight is 396 g/mol. The summed E-state index contributed by atoms with van der Waals surface area (Å²) in [6, 6.07) is 14.7. The van der Waals surface area contributed by atoms with Crippen LogP contribution in [0.25, 0.3) is 0 Å². The molecule has 2 heterocycles. The predicted octanol–water partition coefficient (Wildman–Crippen LogP) is 4.39. The number of carbonyl (C=O) groups excluding carboxylic acids is 1. The van der Waals surface area contributed by atoms with Gasteiger partial charge >= 0.3 is 0 Å². The number of carbonyl (C=O) groups is 1. The second kappa shape index (κ2) is 8.61. The van der Waals surface area contributed by atoms with Crippen LogP contribution in [0.2, 0.25) is 0 Å². The maximum atomic E-state index is 14.1. The minimum atomic E-state index is -0.159. The fourth-order valence-corrected chi connectivity index (χ4v) is 4.74. The van der Waals surface area contributed by atoms with Gasteiger partial charge in [-0.25, -0.2) is 9.37 Å². The summed E-state index contributed by atoms with van der Waals surface area (Å²) >= 11 is 1.73. The summed E-state index contributed by atoms with van der Waals surface area (Å²) < 4.78 is 16.1. The number of hydrogen-bond acceptors (Lipinski definition) is 3. The SMILES string of the molecule is O=C(c1ccc(Cn2ccnc2)cc1)N1CCS[C@@H](c2ccccc2F)CC1. The first-order valence-corrected chi connectivity index (χ1v) is 10.5. The third kappa shape index (κ3) is 4.28. The van der Waals surface area contributed by atoms with E-state index in [1.165, 1.54) is 6.07 Å². The molecule has 0 saturated carbocycles. The van der Waals surface area contributed by atoms with E-state index in [1.807, 2.05) is 52.1 Å². The lowest BCUT2D eigenvalue weighted by Crippen LogP contribution is -2.33. The summed E-state index contributed by atoms with van der Waals surface area (Å²) in [6.07, 6.45) is 6.21. The van der Waals surface area contributed by atoms with Crippen LogP contribution in [0.15, 0.2) is 67.3 Å². The van der Waals surface area contributed by atoms with Crippen molar-refractivity contribution in [2.45, 2.75) is 18.2 Å². The summed E-state index contributed by atoms with van der Waals surface area (Å²) in [4.78, 5) is 18.9. The van der Waals surface area contributed by atoms with Crippen molar-refractivity contribution in [1.82, 2.24) is 14.5 Å². The van der Waals surface area contributed by atoms with Gasteiger partial charge in [-0.05, 0) is 30.2 Å². The molecule has 1 aliphatic rings. The number of halogens is 1. The monoisotopic (exact) mass is 395 g/mol. The van der Waals surface area contributed by atoms with Gasteiger partial charge in [0, 0.05) is 54.2 Å². The summed E-state index contributed by atoms with van der Waals surface area (Å²) in [5, 5.41) is 0.0940. The van der Waals surface area contributed by atoms with E-state index in [0.29, 0.717) is 18.7 Å². The maximum Gasteiger partial charge on any atom is 0.253 e. The molecule has 1 amide bonds. The second-order valence-corrected chi connectivity index (χ2v) is 8.20. The van der Waals surface area contributed by atoms with E-state index < -0.39 is 0 Å². The third-order valence-electron chi connectivity index (χ3n) is 5.01. The zero-order valence-electron chi connectivity index (χ0n) is 15.5. The molecule has 0 radical (unpaired) electrons. The van der Waals surface area contributed by atoms with Crippen molar-refractivity contribution in [2.24, 2.45) is 0 Å². The highest BCUT2D eigenvalue weighted by Crippen LogP contribution is 2.35. The Labute approximate surface area is 168 Å². The number of nitrogens with zero attached hydrogens (tertiary/aromatic N) is 3. The molecule has 1 aromatic heterocycles. The molecule has 4 rings (SSSR count). The average Bonchev–Trinajstić information content (AvgIpc) is 3.10. The number of amides is 1. The highest BCUT2D eigenvalue weighted by molar-refractivity contribution is 7.99. The second-order valence-electron chi connectivity index (χ2n) is 6.89. The van der Waals surface area contributed by atoms with Gasteiger partial charge in [0.15, 0.2) is 0 Å². The molecule has 0 N–H and O–H groups in total. The Kier molecular flexibility index (Phi) is 5.76. The van der Waals surface area contributed by atoms with E-state index in [4.69, 9.17) is 0 Å². The van der Waals surface area contributed by atoms with Crippen LogP contribution in [0.5, 0.6) is 0 Å². The Balaban J connectivity index is 1.40. The Morgan fingerprint density at radius 2 is 1.96 bits per heavy atom. The minimum absolute atomic E-state index is 0.0453. The molecule has 3 aromatic rings. The van der Waals surface area contributed by atoms with Gasteiger partial charge in [0.05, 0.1) is 6.33 Å². The smallest absolute Gasteiger partial charge is 0.253 e. The Bertz CT molecular complexity index is 927. The number of benzene rings is 2. The van der Waals surface area contributed by atoms with E-state index in [0.717, 1.165) is 29.8 Å². The summed E-state index contributed by atoms with van der Waals surface area (Å²) in [5.74, 6) is 0.695. The molecule has 0 bridgehead atoms. The van der Waals surface area contributed by atoms with Gasteiger partial charge in [-0.15, -0.1) is 0 Å². The molecule has 2 aromatic carbocycles. The van der Waals surface area contributed by atoms with Gasteiger partial charge in [-0.2, -0.15) is 11.8 Å². The molecule has 1 saturated heterocycles. The zero-order chi connectivity index (χ0) is 19.3. The normalized spacial score (nSPS) is 17.3. The molecule has 0 aliphatic carbocycles. The molecule has 28 heavy (non-hydrogen) atoms. The van der Waals surface area contributed by atoms with Crippen molar-refractivity contribution < 1.29 is 9.18 Å². The summed E-state index contributed by atoms with van der Waals surface area (Å²) in [6.45, 7) is 2.06. The highest BCUT2D eigenvalue weighted by atomic mass is 32.2. The highest BCUT2D eigenvalue weighted by Gasteiger charge is 2.24. The molecule has 144 valence electrons. The van der Waals surface area contributed by atoms with Gasteiger partial charge in [-0.1, -0.05) is 30.3 Å². The summed E-state index contributed by atoms with van der Waals surface area (Å²) in [5.41, 5.74) is 2.56. The summed E-state index contributed by atoms with van der Waals surface area (Å²) in [7, 11) is 0. The van der Waals surface area contributed by atoms with Gasteiger partial charge in [0.1, 0.15) is 5.82 Å². The van der Waals surface area contributed by atoms with Crippen LogP contribution in [0.1, 0.15) is 33.2 Å². The van der Waals surface area contributed by atoms with E-state index in [9.17, 15) is 9.18 Å². The quantitative estimate of drug-likeness (QED) is 0.658. The minimum Gasteiger partial charge on any atom is -0.338 e. The molecule has 1 fully saturated rings. The van der Waals surface area contributed by atoms with E-state index in [1.54, 1.807) is 30.4 Å². The Hall–Kier alpha value is -2.60. The maximum absolute atomic E-state index is 14.1. The van der Waals surface area contributed by atoms with Crippen molar-refractivity contribution in [3.05, 3.63) is 89.8 Å². The molecule has 1 atom stereocenters. The van der Waals surface area contributed by atoms with Gasteiger partial charge < -0.3 is 9.47 Å². The van der Waals surface area contributed by atoms with Crippen LogP contribution in [0.4, 0.5) is 4.39 Å². The predicted molar refractivity (Wildman–Crippen MR) is 110 cm³/mol. The topological polar surface area (TPSA) is 38.1 Å². The first-order valence-electron chi connectivity index (χ1n) is 9.41. The third-order valence-corrected chi connectivity index (χ3v) is 6.32. The largest absolute Gasteiger partial charge is 0.338 e. The standard InChI is InChI=1S/C22H22FN3OS/c23-20-4-2-1-3-19(20)21-9-11-26(13-14-28-21)22(27)18-7-5-17(6-8-18)15-25-12-10-24-16-25/h1-8,10,12,16,21H,9,11,13-15H2/t21-/m1/s1. The lowest BCUT2D eigenvalue weighted by Gasteiger charge is -2.20. The molecule has 4 nitrogen and oxygen atoms in total. The zero-order valence-corrected chi connectivity index (χ0v) is 16.3. The van der Waals surface area contributed by atoms with E-state index >= 15 is 0 Å². The van der Waals surface area contributed by atoms with Crippen molar-refractivity contribution >= 4 is 17.7 Å². The molecule has 0 unspecified atom stereocenters. The first-order chi connectivity index (χ1) is 13.7. The van der Waals surface area contributed by atoms with E-state index in [2.05, 4.69) is 4.98 Å². The lowest BCUT2D eigenvalue weighted by molar-refractivity contribution is 0.0766. The van der Waals surface area contributed by atoms with Crippen LogP contribution in [-0.4, -0.2) is 39.2 Å². The van der Waals surface area contributed by atoms with Gasteiger partial charge in [0.25, 0.3) is 5.91 Å². The Morgan fingerprint density at radius 3 is 2.71 bits per heavy atom. The van der Waals surface area contributed by atoms with Crippen molar-refractivity contribution in [2.75, 3.05) is 18.8 Å². The van der Waals surface area contributed by atoms with Crippen LogP contribution in [-0.2, 0) is 6.54 Å². The van der Waals surface area contributed by atoms with E-state index in [-0.39, 0.29) is 17.0 Å². The van der Waals surface area contributed by atoms with Crippen molar-refractivity contribution in [3.8, 4) is 0 Å². The fourth-order valence-electron chi connectivity index (χ4n) is 3.48.